The molecule has 0 atom stereocenters. The molecular formula is C18H13N3. The topological polar surface area (TPSA) is 49.6 Å². The van der Waals surface area contributed by atoms with E-state index in [1.807, 2.05) is 60.7 Å². The van der Waals surface area contributed by atoms with E-state index < -0.39 is 0 Å². The van der Waals surface area contributed by atoms with E-state index in [9.17, 15) is 0 Å². The third-order valence-corrected chi connectivity index (χ3v) is 3.27. The smallest absolute Gasteiger partial charge is 0.0935 e. The van der Waals surface area contributed by atoms with Crippen LogP contribution in [0.25, 0.3) is 22.4 Å². The Morgan fingerprint density at radius 1 is 0.857 bits per heavy atom. The van der Waals surface area contributed by atoms with Crippen molar-refractivity contribution in [2.24, 2.45) is 0 Å². The number of nitriles is 1. The summed E-state index contributed by atoms with van der Waals surface area (Å²) in [6.07, 6.45) is 2.16. The van der Waals surface area contributed by atoms with Crippen molar-refractivity contribution in [2.45, 2.75) is 6.42 Å². The maximum atomic E-state index is 8.80. The fourth-order valence-electron chi connectivity index (χ4n) is 2.23. The predicted molar refractivity (Wildman–Crippen MR) is 82.2 cm³/mol. The first-order valence-electron chi connectivity index (χ1n) is 6.71. The van der Waals surface area contributed by atoms with Gasteiger partial charge in [0.25, 0.3) is 0 Å². The molecule has 0 aliphatic carbocycles. The third-order valence-electron chi connectivity index (χ3n) is 3.27. The fraction of sp³-hybridized carbons (Fsp3) is 0.0556. The van der Waals surface area contributed by atoms with Crippen LogP contribution < -0.4 is 0 Å². The van der Waals surface area contributed by atoms with Crippen LogP contribution in [-0.4, -0.2) is 10.2 Å². The Balaban J connectivity index is 2.00. The number of hydrogen-bond acceptors (Lipinski definition) is 3. The van der Waals surface area contributed by atoms with Crippen molar-refractivity contribution < 1.29 is 0 Å². The normalized spacial score (nSPS) is 10.0. The molecule has 3 aromatic rings. The van der Waals surface area contributed by atoms with Gasteiger partial charge < -0.3 is 0 Å². The van der Waals surface area contributed by atoms with Crippen molar-refractivity contribution >= 4 is 0 Å². The van der Waals surface area contributed by atoms with Crippen molar-refractivity contribution in [2.75, 3.05) is 0 Å². The van der Waals surface area contributed by atoms with Crippen LogP contribution in [0.1, 0.15) is 5.56 Å². The Morgan fingerprint density at radius 2 is 1.67 bits per heavy atom. The molecule has 0 unspecified atom stereocenters. The third kappa shape index (κ3) is 2.96. The highest BCUT2D eigenvalue weighted by Crippen LogP contribution is 2.24. The quantitative estimate of drug-likeness (QED) is 0.726. The second kappa shape index (κ2) is 5.98. The molecule has 0 radical (unpaired) electrons. The van der Waals surface area contributed by atoms with Gasteiger partial charge in [-0.2, -0.15) is 15.5 Å². The SMILES string of the molecule is N#CCc1cccc(-c2cnnc(-c3ccccc3)c2)c1. The second-order valence-corrected chi connectivity index (χ2v) is 4.73. The molecule has 3 heteroatoms. The van der Waals surface area contributed by atoms with Gasteiger partial charge >= 0.3 is 0 Å². The second-order valence-electron chi connectivity index (χ2n) is 4.73. The zero-order valence-electron chi connectivity index (χ0n) is 11.4. The van der Waals surface area contributed by atoms with Gasteiger partial charge in [0.15, 0.2) is 0 Å². The first-order valence-corrected chi connectivity index (χ1v) is 6.71. The van der Waals surface area contributed by atoms with Crippen molar-refractivity contribution in [3.05, 3.63) is 72.4 Å². The monoisotopic (exact) mass is 271 g/mol. The Kier molecular flexibility index (Phi) is 3.70. The Morgan fingerprint density at radius 3 is 2.48 bits per heavy atom. The predicted octanol–water partition coefficient (Wildman–Crippen LogP) is 3.88. The van der Waals surface area contributed by atoms with Gasteiger partial charge in [-0.3, -0.25) is 0 Å². The first-order chi connectivity index (χ1) is 10.4. The lowest BCUT2D eigenvalue weighted by molar-refractivity contribution is 1.04. The molecule has 2 aromatic carbocycles. The average Bonchev–Trinajstić information content (AvgIpc) is 2.56. The van der Waals surface area contributed by atoms with E-state index in [0.717, 1.165) is 27.9 Å². The van der Waals surface area contributed by atoms with Gasteiger partial charge in [0.1, 0.15) is 0 Å². The molecule has 3 rings (SSSR count). The molecule has 0 saturated heterocycles. The largest absolute Gasteiger partial charge is 0.198 e. The van der Waals surface area contributed by atoms with Crippen LogP contribution in [0.15, 0.2) is 66.9 Å². The Bertz CT molecular complexity index is 789. The highest BCUT2D eigenvalue weighted by molar-refractivity contribution is 5.69. The highest BCUT2D eigenvalue weighted by atomic mass is 15.1. The van der Waals surface area contributed by atoms with Crippen LogP contribution in [0.3, 0.4) is 0 Å². The Hall–Kier alpha value is -2.99. The van der Waals surface area contributed by atoms with Crippen LogP contribution >= 0.6 is 0 Å². The minimum Gasteiger partial charge on any atom is -0.198 e. The van der Waals surface area contributed by atoms with Crippen LogP contribution in [0.5, 0.6) is 0 Å². The highest BCUT2D eigenvalue weighted by Gasteiger charge is 2.04. The summed E-state index contributed by atoms with van der Waals surface area (Å²) in [6.45, 7) is 0. The maximum Gasteiger partial charge on any atom is 0.0935 e. The van der Waals surface area contributed by atoms with Crippen LogP contribution in [-0.2, 0) is 6.42 Å². The van der Waals surface area contributed by atoms with Gasteiger partial charge in [-0.25, -0.2) is 0 Å². The van der Waals surface area contributed by atoms with E-state index in [2.05, 4.69) is 16.3 Å². The summed E-state index contributed by atoms with van der Waals surface area (Å²) in [5.74, 6) is 0. The van der Waals surface area contributed by atoms with Gasteiger partial charge in [0.2, 0.25) is 0 Å². The number of aromatic nitrogens is 2. The zero-order chi connectivity index (χ0) is 14.5. The molecule has 0 N–H and O–H groups in total. The number of rotatable bonds is 3. The molecule has 1 heterocycles. The summed E-state index contributed by atoms with van der Waals surface area (Å²) in [6, 6.07) is 22.1. The Labute approximate surface area is 123 Å². The first kappa shape index (κ1) is 13.0. The summed E-state index contributed by atoms with van der Waals surface area (Å²) in [7, 11) is 0. The summed E-state index contributed by atoms with van der Waals surface area (Å²) in [5, 5.41) is 17.1. The van der Waals surface area contributed by atoms with Gasteiger partial charge in [0.05, 0.1) is 24.4 Å². The van der Waals surface area contributed by atoms with E-state index >= 15 is 0 Å². The average molecular weight is 271 g/mol. The van der Waals surface area contributed by atoms with E-state index in [1.54, 1.807) is 6.20 Å². The lowest BCUT2D eigenvalue weighted by Crippen LogP contribution is -1.90. The molecule has 0 bridgehead atoms. The van der Waals surface area contributed by atoms with Crippen molar-refractivity contribution in [1.82, 2.24) is 10.2 Å². The lowest BCUT2D eigenvalue weighted by atomic mass is 10.0. The van der Waals surface area contributed by atoms with E-state index in [0.29, 0.717) is 6.42 Å². The van der Waals surface area contributed by atoms with Gasteiger partial charge in [-0.1, -0.05) is 54.6 Å². The molecule has 0 aliphatic rings. The molecule has 0 aliphatic heterocycles. The van der Waals surface area contributed by atoms with Gasteiger partial charge in [-0.15, -0.1) is 0 Å². The van der Waals surface area contributed by atoms with E-state index in [4.69, 9.17) is 5.26 Å². The van der Waals surface area contributed by atoms with Crippen molar-refractivity contribution in [1.29, 1.82) is 5.26 Å². The van der Waals surface area contributed by atoms with Crippen LogP contribution in [0.2, 0.25) is 0 Å². The van der Waals surface area contributed by atoms with Crippen molar-refractivity contribution in [3.8, 4) is 28.5 Å². The number of benzene rings is 2. The van der Waals surface area contributed by atoms with Crippen LogP contribution in [0.4, 0.5) is 0 Å². The van der Waals surface area contributed by atoms with E-state index in [1.165, 1.54) is 0 Å². The summed E-state index contributed by atoms with van der Waals surface area (Å²) in [5.41, 5.74) is 4.95. The summed E-state index contributed by atoms with van der Waals surface area (Å²) >= 11 is 0. The molecule has 0 saturated carbocycles. The molecule has 3 nitrogen and oxygen atoms in total. The van der Waals surface area contributed by atoms with Gasteiger partial charge in [0, 0.05) is 11.1 Å². The van der Waals surface area contributed by atoms with Gasteiger partial charge in [-0.05, 0) is 17.2 Å². The molecule has 21 heavy (non-hydrogen) atoms. The number of hydrogen-bond donors (Lipinski definition) is 0. The molecule has 0 spiro atoms. The number of nitrogens with zero attached hydrogens (tertiary/aromatic N) is 3. The summed E-state index contributed by atoms with van der Waals surface area (Å²) < 4.78 is 0. The standard InChI is InChI=1S/C18H13N3/c19-10-9-14-5-4-8-16(11-14)17-12-18(21-20-13-17)15-6-2-1-3-7-15/h1-8,11-13H,9H2. The molecule has 0 fully saturated rings. The maximum absolute atomic E-state index is 8.80. The van der Waals surface area contributed by atoms with Crippen LogP contribution in [0, 0.1) is 11.3 Å². The summed E-state index contributed by atoms with van der Waals surface area (Å²) in [4.78, 5) is 0. The zero-order valence-corrected chi connectivity index (χ0v) is 11.4. The molecule has 1 aromatic heterocycles. The molecular weight excluding hydrogens is 258 g/mol. The minimum absolute atomic E-state index is 0.415. The molecule has 0 amide bonds. The minimum atomic E-state index is 0.415. The van der Waals surface area contributed by atoms with E-state index in [-0.39, 0.29) is 0 Å². The molecule has 100 valence electrons. The fourth-order valence-corrected chi connectivity index (χ4v) is 2.23. The van der Waals surface area contributed by atoms with Crippen molar-refractivity contribution in [3.63, 3.8) is 0 Å². The lowest BCUT2D eigenvalue weighted by Gasteiger charge is -2.05.